The highest BCUT2D eigenvalue weighted by molar-refractivity contribution is 7.45. The molecule has 8 nitrogen and oxygen atoms in total. The van der Waals surface area contributed by atoms with Crippen molar-refractivity contribution in [2.24, 2.45) is 0 Å². The lowest BCUT2D eigenvalue weighted by Crippen LogP contribution is -2.45. The molecule has 0 saturated heterocycles. The molecule has 2 N–H and O–H groups in total. The Bertz CT molecular complexity index is 1140. The average molecular weight is 923 g/mol. The number of quaternary nitrogens is 1. The Labute approximate surface area is 397 Å². The first kappa shape index (κ1) is 62.7. The molecule has 3 atom stereocenters. The van der Waals surface area contributed by atoms with Gasteiger partial charge in [-0.15, -0.1) is 0 Å². The van der Waals surface area contributed by atoms with Crippen LogP contribution in [0.25, 0.3) is 0 Å². The number of carbonyl (C=O) groups excluding carboxylic acids is 1. The normalized spacial score (nSPS) is 14.3. The largest absolute Gasteiger partial charge is 0.756 e. The fraction of sp³-hybridized carbons (Fsp3) is 0.873. The second-order valence-electron chi connectivity index (χ2n) is 19.9. The van der Waals surface area contributed by atoms with Crippen LogP contribution in [-0.4, -0.2) is 68.5 Å². The van der Waals surface area contributed by atoms with Gasteiger partial charge < -0.3 is 28.8 Å². The summed E-state index contributed by atoms with van der Waals surface area (Å²) in [6, 6.07) is -0.894. The molecular formula is C55H107N2O6P. The van der Waals surface area contributed by atoms with Crippen molar-refractivity contribution in [3.63, 3.8) is 0 Å². The number of rotatable bonds is 50. The molecule has 0 bridgehead atoms. The highest BCUT2D eigenvalue weighted by atomic mass is 31.2. The highest BCUT2D eigenvalue weighted by Crippen LogP contribution is 2.38. The Hall–Kier alpha value is -1.28. The average Bonchev–Trinajstić information content (AvgIpc) is 3.25. The number of hydrogen-bond donors (Lipinski definition) is 2. The van der Waals surface area contributed by atoms with Crippen molar-refractivity contribution in [1.29, 1.82) is 0 Å². The molecule has 0 spiro atoms. The van der Waals surface area contributed by atoms with E-state index in [4.69, 9.17) is 9.05 Å². The fourth-order valence-corrected chi connectivity index (χ4v) is 8.73. The van der Waals surface area contributed by atoms with Crippen molar-refractivity contribution in [3.05, 3.63) is 36.5 Å². The Morgan fingerprint density at radius 1 is 0.547 bits per heavy atom. The number of nitrogens with zero attached hydrogens (tertiary/aromatic N) is 1. The monoisotopic (exact) mass is 923 g/mol. The summed E-state index contributed by atoms with van der Waals surface area (Å²) in [5, 5.41) is 13.9. The third-order valence-corrected chi connectivity index (χ3v) is 13.3. The lowest BCUT2D eigenvalue weighted by molar-refractivity contribution is -0.870. The molecule has 0 aromatic heterocycles. The summed E-state index contributed by atoms with van der Waals surface area (Å²) in [6.45, 7) is 4.64. The van der Waals surface area contributed by atoms with Gasteiger partial charge in [0.05, 0.1) is 39.9 Å². The topological polar surface area (TPSA) is 108 Å². The zero-order chi connectivity index (χ0) is 47.1. The predicted octanol–water partition coefficient (Wildman–Crippen LogP) is 15.6. The maximum atomic E-state index is 12.9. The minimum Gasteiger partial charge on any atom is -0.756 e. The first-order chi connectivity index (χ1) is 31.0. The van der Waals surface area contributed by atoms with Crippen molar-refractivity contribution in [3.8, 4) is 0 Å². The van der Waals surface area contributed by atoms with E-state index in [9.17, 15) is 19.4 Å². The summed E-state index contributed by atoms with van der Waals surface area (Å²) in [4.78, 5) is 25.4. The number of likely N-dealkylation sites (N-methyl/N-ethyl adjacent to an activating group) is 1. The first-order valence-electron chi connectivity index (χ1n) is 27.4. The van der Waals surface area contributed by atoms with Crippen LogP contribution in [0.3, 0.4) is 0 Å². The van der Waals surface area contributed by atoms with Gasteiger partial charge in [-0.1, -0.05) is 237 Å². The minimum atomic E-state index is -4.60. The summed E-state index contributed by atoms with van der Waals surface area (Å²) < 4.78 is 23.3. The number of aliphatic hydroxyl groups is 1. The van der Waals surface area contributed by atoms with Crippen LogP contribution in [0, 0.1) is 0 Å². The maximum absolute atomic E-state index is 12.9. The third kappa shape index (κ3) is 48.6. The van der Waals surface area contributed by atoms with E-state index in [1.54, 1.807) is 6.08 Å². The van der Waals surface area contributed by atoms with Crippen molar-refractivity contribution in [1.82, 2.24) is 5.32 Å². The lowest BCUT2D eigenvalue weighted by atomic mass is 10.0. The molecule has 0 radical (unpaired) electrons. The van der Waals surface area contributed by atoms with Crippen LogP contribution < -0.4 is 10.2 Å². The molecule has 3 unspecified atom stereocenters. The highest BCUT2D eigenvalue weighted by Gasteiger charge is 2.23. The van der Waals surface area contributed by atoms with Gasteiger partial charge in [0.15, 0.2) is 0 Å². The molecule has 0 fully saturated rings. The number of nitrogens with one attached hydrogen (secondary N) is 1. The van der Waals surface area contributed by atoms with Gasteiger partial charge in [0.2, 0.25) is 5.91 Å². The van der Waals surface area contributed by atoms with Crippen LogP contribution in [0.2, 0.25) is 0 Å². The lowest BCUT2D eigenvalue weighted by Gasteiger charge is -2.29. The summed E-state index contributed by atoms with van der Waals surface area (Å²) in [6.07, 6.45) is 59.3. The number of hydrogen-bond acceptors (Lipinski definition) is 6. The molecule has 378 valence electrons. The van der Waals surface area contributed by atoms with Gasteiger partial charge in [0.1, 0.15) is 13.2 Å². The molecule has 1 amide bonds. The number of phosphoric ester groups is 1. The SMILES string of the molecule is CCCCCC/C=C\C/C=C\CCCCCCCC(=O)NC(COP(=O)([O-])OCC[N+](C)(C)C)C(O)/C=C/CCCCCCCCCCCCCCCCCCCCCCCCCC. The van der Waals surface area contributed by atoms with Crippen LogP contribution in [0.1, 0.15) is 258 Å². The van der Waals surface area contributed by atoms with E-state index in [1.807, 2.05) is 27.2 Å². The summed E-state index contributed by atoms with van der Waals surface area (Å²) in [5.41, 5.74) is 0. The van der Waals surface area contributed by atoms with Crippen molar-refractivity contribution in [2.75, 3.05) is 40.9 Å². The molecule has 0 saturated carbocycles. The maximum Gasteiger partial charge on any atom is 0.268 e. The van der Waals surface area contributed by atoms with E-state index in [0.717, 1.165) is 64.2 Å². The van der Waals surface area contributed by atoms with Crippen LogP contribution in [0.15, 0.2) is 36.5 Å². The summed E-state index contributed by atoms with van der Waals surface area (Å²) in [7, 11) is 1.26. The smallest absolute Gasteiger partial charge is 0.268 e. The second-order valence-corrected chi connectivity index (χ2v) is 21.3. The van der Waals surface area contributed by atoms with Gasteiger partial charge in [0.25, 0.3) is 7.82 Å². The molecule has 64 heavy (non-hydrogen) atoms. The van der Waals surface area contributed by atoms with E-state index in [2.05, 4.69) is 43.5 Å². The van der Waals surface area contributed by atoms with E-state index in [0.29, 0.717) is 17.4 Å². The Kier molecular flexibility index (Phi) is 45.9. The number of carbonyl (C=O) groups is 1. The zero-order valence-electron chi connectivity index (χ0n) is 43.0. The quantitative estimate of drug-likeness (QED) is 0.0272. The minimum absolute atomic E-state index is 0.00374. The summed E-state index contributed by atoms with van der Waals surface area (Å²) >= 11 is 0. The Morgan fingerprint density at radius 2 is 0.906 bits per heavy atom. The van der Waals surface area contributed by atoms with E-state index < -0.39 is 20.0 Å². The van der Waals surface area contributed by atoms with Crippen molar-refractivity contribution < 1.29 is 32.9 Å². The Balaban J connectivity index is 4.22. The predicted molar refractivity (Wildman–Crippen MR) is 275 cm³/mol. The van der Waals surface area contributed by atoms with E-state index >= 15 is 0 Å². The Morgan fingerprint density at radius 3 is 1.31 bits per heavy atom. The molecule has 0 rings (SSSR count). The first-order valence-corrected chi connectivity index (χ1v) is 28.8. The third-order valence-electron chi connectivity index (χ3n) is 12.3. The number of allylic oxidation sites excluding steroid dienone is 5. The van der Waals surface area contributed by atoms with E-state index in [1.165, 1.54) is 173 Å². The standard InChI is InChI=1S/C55H107N2O6P/c1-6-8-10-12-14-16-18-20-22-24-25-26-27-28-29-30-31-32-33-34-36-38-40-42-44-46-48-54(58)53(52-63-64(60,61)62-51-50-57(3,4)5)56-55(59)49-47-45-43-41-39-37-35-23-21-19-17-15-13-11-9-7-2/h17,19,23,35,46,48,53-54,58H,6-16,18,20-22,24-34,36-45,47,49-52H2,1-5H3,(H-,56,59,60,61)/b19-17-,35-23-,48-46+. The molecule has 0 aliphatic heterocycles. The molecule has 0 heterocycles. The molecular weight excluding hydrogens is 816 g/mol. The van der Waals surface area contributed by atoms with Gasteiger partial charge in [0, 0.05) is 6.42 Å². The molecule has 0 aliphatic carbocycles. The second kappa shape index (κ2) is 46.8. The van der Waals surface area contributed by atoms with Crippen molar-refractivity contribution >= 4 is 13.7 Å². The van der Waals surface area contributed by atoms with Gasteiger partial charge in [-0.05, 0) is 51.4 Å². The van der Waals surface area contributed by atoms with Crippen LogP contribution in [0.5, 0.6) is 0 Å². The number of phosphoric acid groups is 1. The fourth-order valence-electron chi connectivity index (χ4n) is 8.01. The summed E-state index contributed by atoms with van der Waals surface area (Å²) in [5.74, 6) is -0.209. The molecule has 0 aromatic rings. The van der Waals surface area contributed by atoms with Gasteiger partial charge in [-0.25, -0.2) is 0 Å². The molecule has 9 heteroatoms. The van der Waals surface area contributed by atoms with Gasteiger partial charge in [-0.3, -0.25) is 9.36 Å². The zero-order valence-corrected chi connectivity index (χ0v) is 43.9. The van der Waals surface area contributed by atoms with Crippen LogP contribution in [0.4, 0.5) is 0 Å². The van der Waals surface area contributed by atoms with Gasteiger partial charge >= 0.3 is 0 Å². The molecule has 0 aromatic carbocycles. The van der Waals surface area contributed by atoms with E-state index in [-0.39, 0.29) is 19.1 Å². The number of amides is 1. The number of unbranched alkanes of at least 4 members (excludes halogenated alkanes) is 33. The number of aliphatic hydroxyl groups excluding tert-OH is 1. The van der Waals surface area contributed by atoms with Crippen LogP contribution in [-0.2, 0) is 18.4 Å². The van der Waals surface area contributed by atoms with Gasteiger partial charge in [-0.2, -0.15) is 0 Å². The molecule has 0 aliphatic rings. The van der Waals surface area contributed by atoms with Crippen molar-refractivity contribution in [2.45, 2.75) is 270 Å². The van der Waals surface area contributed by atoms with Crippen LogP contribution >= 0.6 is 7.82 Å².